The molecule has 0 aliphatic heterocycles. The van der Waals surface area contributed by atoms with Gasteiger partial charge < -0.3 is 10.2 Å². The predicted octanol–water partition coefficient (Wildman–Crippen LogP) is 9.04. The molecule has 0 aromatic rings. The molecule has 0 heterocycles. The summed E-state index contributed by atoms with van der Waals surface area (Å²) in [5, 5.41) is 20.3. The topological polar surface area (TPSA) is 74.6 Å². The normalized spacial score (nSPS) is 20.3. The fourth-order valence-electron chi connectivity index (χ4n) is 5.94. The van der Waals surface area contributed by atoms with E-state index in [1.807, 2.05) is 0 Å². The maximum Gasteiger partial charge on any atom is 0.335 e. The molecule has 1 unspecified atom stereocenters. The summed E-state index contributed by atoms with van der Waals surface area (Å²) in [6.45, 7) is 9.14. The number of ketones is 1. The van der Waals surface area contributed by atoms with Crippen LogP contribution < -0.4 is 0 Å². The molecule has 1 saturated carbocycles. The molecule has 0 aromatic heterocycles. The standard InChI is InChI=1S/C32H58O4/c1-5-7-8-9-10-11-12-16-25-32(36,30(34)35)26-17-13-14-20-28-27(21-22-29(28)33)19-15-18-24-31(3,4)23-6-2/h15,19,27-28,36H,5-14,16-18,20-26H2,1-4H3,(H,34,35)/t27-,28+,32?/m0/s1. The van der Waals surface area contributed by atoms with Gasteiger partial charge in [0.2, 0.25) is 0 Å². The minimum Gasteiger partial charge on any atom is -0.479 e. The third-order valence-electron chi connectivity index (χ3n) is 8.40. The number of carbonyl (C=O) groups excluding carboxylic acids is 1. The summed E-state index contributed by atoms with van der Waals surface area (Å²) >= 11 is 0. The maximum absolute atomic E-state index is 12.5. The number of aliphatic carboxylic acids is 1. The van der Waals surface area contributed by atoms with Gasteiger partial charge in [-0.25, -0.2) is 4.79 Å². The van der Waals surface area contributed by atoms with E-state index in [1.54, 1.807) is 0 Å². The molecule has 1 aliphatic rings. The molecular weight excluding hydrogens is 448 g/mol. The number of carbonyl (C=O) groups is 2. The second-order valence-corrected chi connectivity index (χ2v) is 12.3. The van der Waals surface area contributed by atoms with Gasteiger partial charge >= 0.3 is 5.97 Å². The van der Waals surface area contributed by atoms with Crippen molar-refractivity contribution in [2.75, 3.05) is 0 Å². The zero-order chi connectivity index (χ0) is 26.9. The Hall–Kier alpha value is -1.16. The molecule has 1 aliphatic carbocycles. The van der Waals surface area contributed by atoms with Gasteiger partial charge in [0.15, 0.2) is 5.60 Å². The van der Waals surface area contributed by atoms with Crippen molar-refractivity contribution in [3.8, 4) is 0 Å². The Morgan fingerprint density at radius 3 is 2.03 bits per heavy atom. The Morgan fingerprint density at radius 2 is 1.44 bits per heavy atom. The quantitative estimate of drug-likeness (QED) is 0.113. The highest BCUT2D eigenvalue weighted by atomic mass is 16.4. The number of unbranched alkanes of at least 4 members (excludes halogenated alkanes) is 9. The van der Waals surface area contributed by atoms with Gasteiger partial charge in [-0.05, 0) is 69.1 Å². The number of rotatable bonds is 22. The van der Waals surface area contributed by atoms with Crippen molar-refractivity contribution in [1.82, 2.24) is 0 Å². The molecule has 3 atom stereocenters. The second-order valence-electron chi connectivity index (χ2n) is 12.3. The van der Waals surface area contributed by atoms with E-state index in [4.69, 9.17) is 0 Å². The molecule has 0 saturated heterocycles. The lowest BCUT2D eigenvalue weighted by Gasteiger charge is -2.23. The van der Waals surface area contributed by atoms with Crippen molar-refractivity contribution in [2.45, 2.75) is 162 Å². The summed E-state index contributed by atoms with van der Waals surface area (Å²) in [7, 11) is 0. The van der Waals surface area contributed by atoms with Crippen molar-refractivity contribution in [2.24, 2.45) is 17.3 Å². The first-order valence-electron chi connectivity index (χ1n) is 15.3. The van der Waals surface area contributed by atoms with E-state index in [9.17, 15) is 19.8 Å². The van der Waals surface area contributed by atoms with E-state index >= 15 is 0 Å². The van der Waals surface area contributed by atoms with E-state index in [2.05, 4.69) is 39.8 Å². The van der Waals surface area contributed by atoms with Crippen LogP contribution in [0, 0.1) is 17.3 Å². The second kappa shape index (κ2) is 18.2. The molecule has 0 radical (unpaired) electrons. The van der Waals surface area contributed by atoms with Gasteiger partial charge in [-0.3, -0.25) is 4.79 Å². The third-order valence-corrected chi connectivity index (χ3v) is 8.40. The van der Waals surface area contributed by atoms with E-state index in [-0.39, 0.29) is 5.92 Å². The molecule has 0 amide bonds. The summed E-state index contributed by atoms with van der Waals surface area (Å²) in [4.78, 5) is 24.2. The van der Waals surface area contributed by atoms with Crippen LogP contribution in [0.2, 0.25) is 0 Å². The molecule has 0 spiro atoms. The first-order chi connectivity index (χ1) is 17.1. The van der Waals surface area contributed by atoms with Crippen LogP contribution in [0.25, 0.3) is 0 Å². The van der Waals surface area contributed by atoms with Gasteiger partial charge in [-0.1, -0.05) is 104 Å². The van der Waals surface area contributed by atoms with Crippen LogP contribution in [0.5, 0.6) is 0 Å². The Balaban J connectivity index is 2.31. The highest BCUT2D eigenvalue weighted by Crippen LogP contribution is 2.35. The van der Waals surface area contributed by atoms with Crippen LogP contribution in [0.4, 0.5) is 0 Å². The fraction of sp³-hybridized carbons (Fsp3) is 0.875. The average Bonchev–Trinajstić information content (AvgIpc) is 3.17. The minimum atomic E-state index is -1.60. The van der Waals surface area contributed by atoms with Crippen LogP contribution in [-0.2, 0) is 9.59 Å². The van der Waals surface area contributed by atoms with Crippen molar-refractivity contribution >= 4 is 11.8 Å². The van der Waals surface area contributed by atoms with Crippen molar-refractivity contribution < 1.29 is 19.8 Å². The van der Waals surface area contributed by atoms with Crippen LogP contribution >= 0.6 is 0 Å². The number of aliphatic hydroxyl groups is 1. The molecule has 210 valence electrons. The molecule has 1 fully saturated rings. The molecule has 36 heavy (non-hydrogen) atoms. The SMILES string of the molecule is CCCCCCCCCCC(O)(CCCCC[C@H]1C(=O)CC[C@@H]1C=CCCC(C)(C)CCC)C(=O)O. The van der Waals surface area contributed by atoms with Gasteiger partial charge in [0.05, 0.1) is 0 Å². The van der Waals surface area contributed by atoms with Crippen molar-refractivity contribution in [1.29, 1.82) is 0 Å². The van der Waals surface area contributed by atoms with Crippen LogP contribution in [-0.4, -0.2) is 27.6 Å². The molecule has 2 N–H and O–H groups in total. The number of hydrogen-bond acceptors (Lipinski definition) is 3. The first kappa shape index (κ1) is 32.9. The highest BCUT2D eigenvalue weighted by molar-refractivity contribution is 5.83. The zero-order valence-corrected chi connectivity index (χ0v) is 24.2. The zero-order valence-electron chi connectivity index (χ0n) is 24.2. The number of hydrogen-bond donors (Lipinski definition) is 2. The van der Waals surface area contributed by atoms with E-state index in [0.717, 1.165) is 51.4 Å². The summed E-state index contributed by atoms with van der Waals surface area (Å²) < 4.78 is 0. The van der Waals surface area contributed by atoms with Gasteiger partial charge in [-0.2, -0.15) is 0 Å². The van der Waals surface area contributed by atoms with Crippen molar-refractivity contribution in [3.05, 3.63) is 12.2 Å². The minimum absolute atomic E-state index is 0.126. The largest absolute Gasteiger partial charge is 0.479 e. The Labute approximate surface area is 222 Å². The number of allylic oxidation sites excluding steroid dienone is 2. The number of carboxylic acid groups (broad SMARTS) is 1. The highest BCUT2D eigenvalue weighted by Gasteiger charge is 2.35. The first-order valence-corrected chi connectivity index (χ1v) is 15.3. The van der Waals surface area contributed by atoms with Crippen LogP contribution in [0.1, 0.15) is 156 Å². The fourth-order valence-corrected chi connectivity index (χ4v) is 5.94. The molecular formula is C32H58O4. The van der Waals surface area contributed by atoms with E-state index < -0.39 is 11.6 Å². The Kier molecular flexibility index (Phi) is 16.6. The predicted molar refractivity (Wildman–Crippen MR) is 151 cm³/mol. The van der Waals surface area contributed by atoms with Crippen LogP contribution in [0.3, 0.4) is 0 Å². The molecule has 0 aromatic carbocycles. The monoisotopic (exact) mass is 506 g/mol. The number of carboxylic acids is 1. The smallest absolute Gasteiger partial charge is 0.335 e. The van der Waals surface area contributed by atoms with E-state index in [0.29, 0.717) is 42.8 Å². The lowest BCUT2D eigenvalue weighted by atomic mass is 9.83. The number of Topliss-reactive ketones (excluding diaryl/α,β-unsaturated/α-hetero) is 1. The Bertz CT molecular complexity index is 638. The third kappa shape index (κ3) is 13.4. The van der Waals surface area contributed by atoms with E-state index in [1.165, 1.54) is 51.4 Å². The lowest BCUT2D eigenvalue weighted by molar-refractivity contribution is -0.160. The summed E-state index contributed by atoms with van der Waals surface area (Å²) in [5.41, 5.74) is -1.21. The van der Waals surface area contributed by atoms with Gasteiger partial charge in [0.1, 0.15) is 5.78 Å². The van der Waals surface area contributed by atoms with Gasteiger partial charge in [0.25, 0.3) is 0 Å². The van der Waals surface area contributed by atoms with Gasteiger partial charge in [-0.15, -0.1) is 0 Å². The molecule has 0 bridgehead atoms. The summed E-state index contributed by atoms with van der Waals surface area (Å²) in [6, 6.07) is 0. The molecule has 1 rings (SSSR count). The Morgan fingerprint density at radius 1 is 0.861 bits per heavy atom. The summed E-state index contributed by atoms with van der Waals surface area (Å²) in [5.74, 6) is -0.193. The van der Waals surface area contributed by atoms with Crippen molar-refractivity contribution in [3.63, 3.8) is 0 Å². The molecule has 4 heteroatoms. The average molecular weight is 507 g/mol. The van der Waals surface area contributed by atoms with Gasteiger partial charge in [0, 0.05) is 12.3 Å². The summed E-state index contributed by atoms with van der Waals surface area (Å²) in [6.07, 6.45) is 24.2. The molecule has 4 nitrogen and oxygen atoms in total. The lowest BCUT2D eigenvalue weighted by Crippen LogP contribution is -2.38. The maximum atomic E-state index is 12.5. The van der Waals surface area contributed by atoms with Crippen LogP contribution in [0.15, 0.2) is 12.2 Å².